The highest BCUT2D eigenvalue weighted by Gasteiger charge is 2.04. The van der Waals surface area contributed by atoms with Gasteiger partial charge in [-0.05, 0) is 26.7 Å². The zero-order chi connectivity index (χ0) is 22.8. The minimum atomic E-state index is -0.117. The molecule has 0 saturated carbocycles. The van der Waals surface area contributed by atoms with Gasteiger partial charge in [-0.1, -0.05) is 64.7 Å². The molecule has 0 aliphatic heterocycles. The van der Waals surface area contributed by atoms with E-state index < -0.39 is 0 Å². The number of carbonyl (C=O) groups excluding carboxylic acids is 1. The Labute approximate surface area is 191 Å². The van der Waals surface area contributed by atoms with Crippen molar-refractivity contribution in [3.63, 3.8) is 0 Å². The molecule has 0 aromatic heterocycles. The van der Waals surface area contributed by atoms with Gasteiger partial charge in [0, 0.05) is 19.6 Å². The maximum absolute atomic E-state index is 11.7. The molecule has 0 bridgehead atoms. The monoisotopic (exact) mass is 446 g/mol. The SMILES string of the molecule is CCCCCCCCCCCCOC(=O)CCCOCCOC(C)COCCOCC. The van der Waals surface area contributed by atoms with Crippen molar-refractivity contribution in [2.75, 3.05) is 52.9 Å². The first-order valence-corrected chi connectivity index (χ1v) is 12.7. The Morgan fingerprint density at radius 2 is 1.26 bits per heavy atom. The molecule has 0 fully saturated rings. The molecule has 1 unspecified atom stereocenters. The molecule has 6 nitrogen and oxygen atoms in total. The van der Waals surface area contributed by atoms with Crippen molar-refractivity contribution in [2.45, 2.75) is 104 Å². The van der Waals surface area contributed by atoms with Gasteiger partial charge < -0.3 is 23.7 Å². The molecule has 0 aromatic carbocycles. The molecular weight excluding hydrogens is 396 g/mol. The smallest absolute Gasteiger partial charge is 0.305 e. The summed E-state index contributed by atoms with van der Waals surface area (Å²) in [7, 11) is 0. The van der Waals surface area contributed by atoms with Crippen LogP contribution in [0.25, 0.3) is 0 Å². The summed E-state index contributed by atoms with van der Waals surface area (Å²) in [5, 5.41) is 0. The minimum Gasteiger partial charge on any atom is -0.466 e. The van der Waals surface area contributed by atoms with E-state index >= 15 is 0 Å². The second-order valence-corrected chi connectivity index (χ2v) is 8.07. The summed E-state index contributed by atoms with van der Waals surface area (Å²) >= 11 is 0. The molecule has 0 rings (SSSR count). The van der Waals surface area contributed by atoms with Gasteiger partial charge >= 0.3 is 5.97 Å². The summed E-state index contributed by atoms with van der Waals surface area (Å²) in [4.78, 5) is 11.7. The van der Waals surface area contributed by atoms with Crippen LogP contribution in [-0.2, 0) is 28.5 Å². The van der Waals surface area contributed by atoms with E-state index in [0.717, 1.165) is 12.8 Å². The first kappa shape index (κ1) is 30.3. The van der Waals surface area contributed by atoms with E-state index in [1.807, 2.05) is 13.8 Å². The Kier molecular flexibility index (Phi) is 25.0. The zero-order valence-corrected chi connectivity index (χ0v) is 20.7. The quantitative estimate of drug-likeness (QED) is 0.132. The van der Waals surface area contributed by atoms with Crippen LogP contribution in [0.2, 0.25) is 0 Å². The van der Waals surface area contributed by atoms with Gasteiger partial charge in [-0.2, -0.15) is 0 Å². The van der Waals surface area contributed by atoms with E-state index in [2.05, 4.69) is 6.92 Å². The number of hydrogen-bond donors (Lipinski definition) is 0. The molecule has 186 valence electrons. The van der Waals surface area contributed by atoms with Crippen molar-refractivity contribution in [3.8, 4) is 0 Å². The summed E-state index contributed by atoms with van der Waals surface area (Å²) in [5.41, 5.74) is 0. The molecule has 0 amide bonds. The summed E-state index contributed by atoms with van der Waals surface area (Å²) in [6.45, 7) is 10.8. The molecule has 1 atom stereocenters. The number of unbranched alkanes of at least 4 members (excludes halogenated alkanes) is 9. The number of rotatable bonds is 25. The summed E-state index contributed by atoms with van der Waals surface area (Å²) in [6, 6.07) is 0. The van der Waals surface area contributed by atoms with E-state index in [0.29, 0.717) is 65.7 Å². The van der Waals surface area contributed by atoms with Crippen LogP contribution in [0.3, 0.4) is 0 Å². The predicted octanol–water partition coefficient (Wildman–Crippen LogP) is 5.71. The van der Waals surface area contributed by atoms with Crippen LogP contribution in [0.4, 0.5) is 0 Å². The maximum Gasteiger partial charge on any atom is 0.305 e. The highest BCUT2D eigenvalue weighted by molar-refractivity contribution is 5.69. The molecular formula is C25H50O6. The Balaban J connectivity index is 3.24. The largest absolute Gasteiger partial charge is 0.466 e. The number of esters is 1. The van der Waals surface area contributed by atoms with Crippen LogP contribution in [0, 0.1) is 0 Å². The van der Waals surface area contributed by atoms with Crippen LogP contribution in [-0.4, -0.2) is 64.9 Å². The van der Waals surface area contributed by atoms with Crippen LogP contribution < -0.4 is 0 Å². The van der Waals surface area contributed by atoms with Crippen LogP contribution in [0.1, 0.15) is 97.8 Å². The third kappa shape index (κ3) is 25.4. The van der Waals surface area contributed by atoms with Crippen molar-refractivity contribution in [2.24, 2.45) is 0 Å². The topological polar surface area (TPSA) is 63.2 Å². The molecule has 0 N–H and O–H groups in total. The third-order valence-corrected chi connectivity index (χ3v) is 4.99. The van der Waals surface area contributed by atoms with Crippen LogP contribution in [0.15, 0.2) is 0 Å². The molecule has 0 aromatic rings. The second kappa shape index (κ2) is 25.6. The number of ether oxygens (including phenoxy) is 5. The van der Waals surface area contributed by atoms with Gasteiger partial charge in [0.2, 0.25) is 0 Å². The lowest BCUT2D eigenvalue weighted by atomic mass is 10.1. The zero-order valence-electron chi connectivity index (χ0n) is 20.7. The fourth-order valence-electron chi connectivity index (χ4n) is 3.14. The second-order valence-electron chi connectivity index (χ2n) is 8.07. The standard InChI is InChI=1S/C25H50O6/c1-4-6-7-8-9-10-11-12-13-14-18-31-25(26)16-15-17-28-21-22-30-24(3)23-29-20-19-27-5-2/h24H,4-23H2,1-3H3. The van der Waals surface area contributed by atoms with E-state index in [1.54, 1.807) is 0 Å². The van der Waals surface area contributed by atoms with E-state index in [9.17, 15) is 4.79 Å². The van der Waals surface area contributed by atoms with Gasteiger partial charge in [-0.3, -0.25) is 4.79 Å². The Hall–Kier alpha value is -0.690. The molecule has 6 heteroatoms. The first-order valence-electron chi connectivity index (χ1n) is 12.7. The normalized spacial score (nSPS) is 12.2. The van der Waals surface area contributed by atoms with Crippen molar-refractivity contribution in [1.82, 2.24) is 0 Å². The van der Waals surface area contributed by atoms with Gasteiger partial charge in [0.25, 0.3) is 0 Å². The summed E-state index contributed by atoms with van der Waals surface area (Å²) in [6.07, 6.45) is 14.0. The van der Waals surface area contributed by atoms with Gasteiger partial charge in [0.05, 0.1) is 45.7 Å². The van der Waals surface area contributed by atoms with Gasteiger partial charge in [0.1, 0.15) is 0 Å². The Morgan fingerprint density at radius 3 is 1.94 bits per heavy atom. The highest BCUT2D eigenvalue weighted by Crippen LogP contribution is 2.10. The Morgan fingerprint density at radius 1 is 0.645 bits per heavy atom. The minimum absolute atomic E-state index is 0.0333. The van der Waals surface area contributed by atoms with Crippen molar-refractivity contribution in [1.29, 1.82) is 0 Å². The highest BCUT2D eigenvalue weighted by atomic mass is 16.6. The summed E-state index contributed by atoms with van der Waals surface area (Å²) < 4.78 is 27.1. The first-order chi connectivity index (χ1) is 15.2. The predicted molar refractivity (Wildman–Crippen MR) is 126 cm³/mol. The molecule has 0 aliphatic carbocycles. The fraction of sp³-hybridized carbons (Fsp3) is 0.960. The fourth-order valence-corrected chi connectivity index (χ4v) is 3.14. The van der Waals surface area contributed by atoms with Gasteiger partial charge in [-0.25, -0.2) is 0 Å². The molecule has 0 spiro atoms. The van der Waals surface area contributed by atoms with Gasteiger partial charge in [0.15, 0.2) is 0 Å². The lowest BCUT2D eigenvalue weighted by Gasteiger charge is -2.13. The molecule has 0 aliphatic rings. The Bertz CT molecular complexity index is 364. The molecule has 0 radical (unpaired) electrons. The maximum atomic E-state index is 11.7. The van der Waals surface area contributed by atoms with Crippen molar-refractivity contribution >= 4 is 5.97 Å². The number of carbonyl (C=O) groups is 1. The molecule has 0 heterocycles. The molecule has 31 heavy (non-hydrogen) atoms. The van der Waals surface area contributed by atoms with Crippen molar-refractivity contribution in [3.05, 3.63) is 0 Å². The van der Waals surface area contributed by atoms with Crippen molar-refractivity contribution < 1.29 is 28.5 Å². The lowest BCUT2D eigenvalue weighted by molar-refractivity contribution is -0.144. The van der Waals surface area contributed by atoms with Crippen LogP contribution in [0.5, 0.6) is 0 Å². The lowest BCUT2D eigenvalue weighted by Crippen LogP contribution is -2.20. The molecule has 0 saturated heterocycles. The summed E-state index contributed by atoms with van der Waals surface area (Å²) in [5.74, 6) is -0.117. The van der Waals surface area contributed by atoms with Crippen LogP contribution >= 0.6 is 0 Å². The van der Waals surface area contributed by atoms with E-state index in [1.165, 1.54) is 51.4 Å². The van der Waals surface area contributed by atoms with Gasteiger partial charge in [-0.15, -0.1) is 0 Å². The average Bonchev–Trinajstić information content (AvgIpc) is 2.76. The van der Waals surface area contributed by atoms with E-state index in [4.69, 9.17) is 23.7 Å². The third-order valence-electron chi connectivity index (χ3n) is 4.99. The number of hydrogen-bond acceptors (Lipinski definition) is 6. The van der Waals surface area contributed by atoms with E-state index in [-0.39, 0.29) is 12.1 Å². The average molecular weight is 447 g/mol.